The Kier molecular flexibility index (Phi) is 6.02. The molecule has 2 aromatic rings. The minimum atomic E-state index is -0.744. The summed E-state index contributed by atoms with van der Waals surface area (Å²) in [6, 6.07) is 7.92. The number of esters is 1. The molecule has 1 fully saturated rings. The van der Waals surface area contributed by atoms with Crippen LogP contribution in [0.3, 0.4) is 0 Å². The molecular weight excluding hydrogens is 370 g/mol. The highest BCUT2D eigenvalue weighted by atomic mass is 32.1. The number of hydrogen-bond donors (Lipinski definition) is 1. The zero-order chi connectivity index (χ0) is 19.2. The zero-order valence-corrected chi connectivity index (χ0v) is 15.4. The van der Waals surface area contributed by atoms with Crippen molar-refractivity contribution in [2.75, 3.05) is 24.6 Å². The van der Waals surface area contributed by atoms with Gasteiger partial charge in [-0.15, -0.1) is 11.3 Å². The summed E-state index contributed by atoms with van der Waals surface area (Å²) in [5, 5.41) is 15.6. The molecule has 142 valence electrons. The van der Waals surface area contributed by atoms with Gasteiger partial charge in [-0.2, -0.15) is 0 Å². The van der Waals surface area contributed by atoms with E-state index in [0.717, 1.165) is 30.8 Å². The number of rotatable bonds is 7. The van der Waals surface area contributed by atoms with Gasteiger partial charge in [0, 0.05) is 30.1 Å². The summed E-state index contributed by atoms with van der Waals surface area (Å²) < 4.78 is 5.10. The molecule has 1 aliphatic rings. The fourth-order valence-corrected chi connectivity index (χ4v) is 3.54. The minimum absolute atomic E-state index is 0.108. The maximum atomic E-state index is 12.5. The van der Waals surface area contributed by atoms with E-state index >= 15 is 0 Å². The van der Waals surface area contributed by atoms with Gasteiger partial charge in [-0.3, -0.25) is 14.9 Å². The van der Waals surface area contributed by atoms with E-state index in [-0.39, 0.29) is 11.3 Å². The highest BCUT2D eigenvalue weighted by Crippen LogP contribution is 2.28. The van der Waals surface area contributed by atoms with E-state index in [1.54, 1.807) is 6.07 Å². The van der Waals surface area contributed by atoms with E-state index in [1.165, 1.54) is 23.5 Å². The smallest absolute Gasteiger partial charge is 0.341 e. The predicted molar refractivity (Wildman–Crippen MR) is 101 cm³/mol. The lowest BCUT2D eigenvalue weighted by Gasteiger charge is -2.20. The van der Waals surface area contributed by atoms with Crippen molar-refractivity contribution in [3.8, 4) is 0 Å². The fourth-order valence-electron chi connectivity index (χ4n) is 2.89. The second-order valence-corrected chi connectivity index (χ2v) is 7.12. The van der Waals surface area contributed by atoms with Crippen molar-refractivity contribution in [1.29, 1.82) is 0 Å². The van der Waals surface area contributed by atoms with E-state index in [4.69, 9.17) is 4.74 Å². The number of nitro benzene ring substituents is 1. The van der Waals surface area contributed by atoms with Gasteiger partial charge < -0.3 is 15.0 Å². The number of amides is 1. The molecule has 1 aromatic carbocycles. The highest BCUT2D eigenvalue weighted by molar-refractivity contribution is 7.09. The molecule has 1 N–H and O–H groups in total. The van der Waals surface area contributed by atoms with Gasteiger partial charge in [-0.1, -0.05) is 6.07 Å². The molecule has 0 spiro atoms. The van der Waals surface area contributed by atoms with Gasteiger partial charge in [0.2, 0.25) is 0 Å². The van der Waals surface area contributed by atoms with E-state index in [2.05, 4.69) is 5.32 Å². The van der Waals surface area contributed by atoms with Crippen LogP contribution in [0.25, 0.3) is 0 Å². The molecule has 0 saturated carbocycles. The van der Waals surface area contributed by atoms with Crippen molar-refractivity contribution in [1.82, 2.24) is 5.32 Å². The number of ether oxygens (including phenoxy) is 1. The van der Waals surface area contributed by atoms with Crippen LogP contribution in [-0.4, -0.2) is 36.5 Å². The predicted octanol–water partition coefficient (Wildman–Crippen LogP) is 2.73. The summed E-state index contributed by atoms with van der Waals surface area (Å²) in [4.78, 5) is 37.9. The number of hydrogen-bond acceptors (Lipinski definition) is 7. The number of anilines is 1. The number of benzene rings is 1. The van der Waals surface area contributed by atoms with Gasteiger partial charge >= 0.3 is 5.97 Å². The second-order valence-electron chi connectivity index (χ2n) is 6.08. The molecule has 2 heterocycles. The molecule has 0 unspecified atom stereocenters. The Hall–Kier alpha value is -2.94. The third kappa shape index (κ3) is 4.82. The van der Waals surface area contributed by atoms with Crippen molar-refractivity contribution in [2.24, 2.45) is 0 Å². The first kappa shape index (κ1) is 18.8. The second kappa shape index (κ2) is 8.63. The van der Waals surface area contributed by atoms with Crippen LogP contribution in [-0.2, 0) is 16.1 Å². The van der Waals surface area contributed by atoms with E-state index < -0.39 is 23.4 Å². The third-order valence-electron chi connectivity index (χ3n) is 4.23. The maximum Gasteiger partial charge on any atom is 0.341 e. The van der Waals surface area contributed by atoms with Gasteiger partial charge in [-0.25, -0.2) is 4.79 Å². The number of thiophene rings is 1. The number of carbonyl (C=O) groups excluding carboxylic acids is 2. The van der Waals surface area contributed by atoms with Crippen molar-refractivity contribution in [2.45, 2.75) is 19.4 Å². The van der Waals surface area contributed by atoms with Crippen molar-refractivity contribution in [3.05, 3.63) is 56.3 Å². The Morgan fingerprint density at radius 2 is 2.04 bits per heavy atom. The molecule has 1 amide bonds. The van der Waals surface area contributed by atoms with Crippen LogP contribution in [0.1, 0.15) is 28.1 Å². The summed E-state index contributed by atoms with van der Waals surface area (Å²) in [6.45, 7) is 1.48. The van der Waals surface area contributed by atoms with Crippen LogP contribution in [0, 0.1) is 10.1 Å². The van der Waals surface area contributed by atoms with Crippen molar-refractivity contribution >= 4 is 34.6 Å². The van der Waals surface area contributed by atoms with Crippen molar-refractivity contribution < 1.29 is 19.2 Å². The lowest BCUT2D eigenvalue weighted by molar-refractivity contribution is -0.384. The topological polar surface area (TPSA) is 102 Å². The van der Waals surface area contributed by atoms with Gasteiger partial charge in [0.15, 0.2) is 6.61 Å². The molecular formula is C18H19N3O5S. The molecule has 0 bridgehead atoms. The Bertz CT molecular complexity index is 832. The normalized spacial score (nSPS) is 13.4. The molecule has 27 heavy (non-hydrogen) atoms. The van der Waals surface area contributed by atoms with Gasteiger partial charge in [0.05, 0.1) is 22.7 Å². The first-order valence-electron chi connectivity index (χ1n) is 8.54. The maximum absolute atomic E-state index is 12.5. The summed E-state index contributed by atoms with van der Waals surface area (Å²) in [7, 11) is 0. The van der Waals surface area contributed by atoms with Gasteiger partial charge in [0.1, 0.15) is 0 Å². The quantitative estimate of drug-likeness (QED) is 0.444. The number of nitro groups is 1. The molecule has 0 radical (unpaired) electrons. The molecule has 1 aromatic heterocycles. The van der Waals surface area contributed by atoms with Crippen LogP contribution in [0.15, 0.2) is 35.7 Å². The van der Waals surface area contributed by atoms with Crippen LogP contribution in [0.5, 0.6) is 0 Å². The Morgan fingerprint density at radius 3 is 2.70 bits per heavy atom. The standard InChI is InChI=1S/C18H19N3O5S/c22-17(19-11-14-4-3-9-27-14)12-26-18(23)15-10-13(21(24)25)5-6-16(15)20-7-1-2-8-20/h3-6,9-10H,1-2,7-8,11-12H2,(H,19,22). The fraction of sp³-hybridized carbons (Fsp3) is 0.333. The number of carbonyl (C=O) groups is 2. The Balaban J connectivity index is 1.65. The molecule has 0 atom stereocenters. The third-order valence-corrected chi connectivity index (χ3v) is 5.11. The van der Waals surface area contributed by atoms with E-state index in [1.807, 2.05) is 22.4 Å². The number of nitrogens with zero attached hydrogens (tertiary/aromatic N) is 2. The lowest BCUT2D eigenvalue weighted by atomic mass is 10.1. The SMILES string of the molecule is O=C(COC(=O)c1cc([N+](=O)[O-])ccc1N1CCCC1)NCc1cccs1. The highest BCUT2D eigenvalue weighted by Gasteiger charge is 2.24. The summed E-state index contributed by atoms with van der Waals surface area (Å²) in [5.41, 5.74) is 0.520. The largest absolute Gasteiger partial charge is 0.452 e. The van der Waals surface area contributed by atoms with Crippen LogP contribution < -0.4 is 10.2 Å². The zero-order valence-electron chi connectivity index (χ0n) is 14.6. The van der Waals surface area contributed by atoms with Gasteiger partial charge in [-0.05, 0) is 30.4 Å². The van der Waals surface area contributed by atoms with Crippen LogP contribution in [0.2, 0.25) is 0 Å². The van der Waals surface area contributed by atoms with Crippen LogP contribution >= 0.6 is 11.3 Å². The monoisotopic (exact) mass is 389 g/mol. The number of non-ortho nitro benzene ring substituents is 1. The van der Waals surface area contributed by atoms with E-state index in [0.29, 0.717) is 12.2 Å². The van der Waals surface area contributed by atoms with Crippen molar-refractivity contribution in [3.63, 3.8) is 0 Å². The Labute approximate surface area is 159 Å². The van der Waals surface area contributed by atoms with Crippen LogP contribution in [0.4, 0.5) is 11.4 Å². The molecule has 8 nitrogen and oxygen atoms in total. The molecule has 9 heteroatoms. The minimum Gasteiger partial charge on any atom is -0.452 e. The van der Waals surface area contributed by atoms with E-state index in [9.17, 15) is 19.7 Å². The first-order valence-corrected chi connectivity index (χ1v) is 9.42. The average Bonchev–Trinajstić information content (AvgIpc) is 3.37. The summed E-state index contributed by atoms with van der Waals surface area (Å²) in [5.74, 6) is -1.17. The molecule has 0 aliphatic carbocycles. The molecule has 1 aliphatic heterocycles. The average molecular weight is 389 g/mol. The molecule has 3 rings (SSSR count). The van der Waals surface area contributed by atoms with Gasteiger partial charge in [0.25, 0.3) is 11.6 Å². The molecule has 1 saturated heterocycles. The first-order chi connectivity index (χ1) is 13.0. The Morgan fingerprint density at radius 1 is 1.26 bits per heavy atom. The summed E-state index contributed by atoms with van der Waals surface area (Å²) in [6.07, 6.45) is 1.99. The lowest BCUT2D eigenvalue weighted by Crippen LogP contribution is -2.28. The number of nitrogens with one attached hydrogen (secondary N) is 1. The summed E-state index contributed by atoms with van der Waals surface area (Å²) >= 11 is 1.51.